The first-order chi connectivity index (χ1) is 8.18. The minimum atomic E-state index is -0.562. The average molecular weight is 232 g/mol. The number of rotatable bonds is 3. The minimum absolute atomic E-state index is 0.153. The second kappa shape index (κ2) is 5.01. The third kappa shape index (κ3) is 2.42. The number of hydrogen-bond donors (Lipinski definition) is 0. The Bertz CT molecular complexity index is 386. The zero-order valence-corrected chi connectivity index (χ0v) is 10.7. The highest BCUT2D eigenvalue weighted by Gasteiger charge is 2.39. The Morgan fingerprint density at radius 2 is 1.71 bits per heavy atom. The van der Waals surface area contributed by atoms with Crippen molar-refractivity contribution in [3.8, 4) is 0 Å². The van der Waals surface area contributed by atoms with Crippen molar-refractivity contribution in [1.82, 2.24) is 0 Å². The van der Waals surface area contributed by atoms with Crippen LogP contribution in [0.4, 0.5) is 0 Å². The van der Waals surface area contributed by atoms with Gasteiger partial charge in [0.25, 0.3) is 0 Å². The number of hydrogen-bond acceptors (Lipinski definition) is 2. The molecule has 2 heteroatoms. The molecule has 0 aromatic heterocycles. The van der Waals surface area contributed by atoms with E-state index in [1.165, 1.54) is 12.0 Å². The Morgan fingerprint density at radius 1 is 1.12 bits per heavy atom. The van der Waals surface area contributed by atoms with Crippen molar-refractivity contribution in [2.75, 3.05) is 7.11 Å². The number of carbonyl (C=O) groups is 1. The fraction of sp³-hybridized carbons (Fsp3) is 0.533. The molecule has 0 amide bonds. The summed E-state index contributed by atoms with van der Waals surface area (Å²) in [5.74, 6) is 0.153. The molecule has 1 fully saturated rings. The van der Waals surface area contributed by atoms with Gasteiger partial charge in [-0.2, -0.15) is 0 Å². The Hall–Kier alpha value is -1.15. The monoisotopic (exact) mass is 232 g/mol. The number of Topliss-reactive ketones (excluding diaryl/α,β-unsaturated/α-hetero) is 1. The Morgan fingerprint density at radius 3 is 2.24 bits per heavy atom. The molecule has 0 spiro atoms. The molecule has 0 aliphatic heterocycles. The van der Waals surface area contributed by atoms with Crippen LogP contribution in [-0.2, 0) is 4.74 Å². The van der Waals surface area contributed by atoms with Crippen molar-refractivity contribution in [1.29, 1.82) is 0 Å². The predicted molar refractivity (Wildman–Crippen MR) is 68.3 cm³/mol. The van der Waals surface area contributed by atoms with Gasteiger partial charge in [-0.05, 0) is 19.8 Å². The maximum atomic E-state index is 12.5. The highest BCUT2D eigenvalue weighted by atomic mass is 16.5. The molecule has 0 atom stereocenters. The second-order valence-corrected chi connectivity index (χ2v) is 4.95. The molecule has 0 saturated heterocycles. The van der Waals surface area contributed by atoms with Crippen LogP contribution in [0.15, 0.2) is 24.3 Å². The normalized spacial score (nSPS) is 18.9. The van der Waals surface area contributed by atoms with E-state index in [-0.39, 0.29) is 5.78 Å². The number of benzene rings is 1. The highest BCUT2D eigenvalue weighted by Crippen LogP contribution is 2.34. The fourth-order valence-corrected chi connectivity index (χ4v) is 2.61. The SMILES string of the molecule is COC1(C(=O)c2ccc(C)cc2)CCCCC1. The first-order valence-electron chi connectivity index (χ1n) is 6.34. The van der Waals surface area contributed by atoms with E-state index in [0.717, 1.165) is 31.2 Å². The predicted octanol–water partition coefficient (Wildman–Crippen LogP) is 3.53. The number of ketones is 1. The van der Waals surface area contributed by atoms with Crippen LogP contribution in [0.25, 0.3) is 0 Å². The summed E-state index contributed by atoms with van der Waals surface area (Å²) in [6, 6.07) is 7.79. The minimum Gasteiger partial charge on any atom is -0.370 e. The van der Waals surface area contributed by atoms with E-state index >= 15 is 0 Å². The topological polar surface area (TPSA) is 26.3 Å². The van der Waals surface area contributed by atoms with E-state index in [1.54, 1.807) is 7.11 Å². The molecular weight excluding hydrogens is 212 g/mol. The quantitative estimate of drug-likeness (QED) is 0.745. The molecule has 0 bridgehead atoms. The van der Waals surface area contributed by atoms with E-state index < -0.39 is 5.60 Å². The van der Waals surface area contributed by atoms with Gasteiger partial charge in [0.05, 0.1) is 0 Å². The van der Waals surface area contributed by atoms with Gasteiger partial charge < -0.3 is 4.74 Å². The lowest BCUT2D eigenvalue weighted by molar-refractivity contribution is -0.0194. The summed E-state index contributed by atoms with van der Waals surface area (Å²) in [6.45, 7) is 2.03. The molecule has 2 nitrogen and oxygen atoms in total. The summed E-state index contributed by atoms with van der Waals surface area (Å²) in [5, 5.41) is 0. The average Bonchev–Trinajstić information content (AvgIpc) is 2.39. The Labute approximate surface area is 103 Å². The van der Waals surface area contributed by atoms with Crippen molar-refractivity contribution in [2.45, 2.75) is 44.6 Å². The lowest BCUT2D eigenvalue weighted by Crippen LogP contribution is -2.42. The standard InChI is InChI=1S/C15H20O2/c1-12-6-8-13(9-7-12)14(16)15(17-2)10-4-3-5-11-15/h6-9H,3-5,10-11H2,1-2H3. The van der Waals surface area contributed by atoms with Crippen molar-refractivity contribution < 1.29 is 9.53 Å². The van der Waals surface area contributed by atoms with Crippen LogP contribution in [0.2, 0.25) is 0 Å². The Balaban J connectivity index is 2.25. The van der Waals surface area contributed by atoms with Crippen molar-refractivity contribution in [3.63, 3.8) is 0 Å². The lowest BCUT2D eigenvalue weighted by atomic mass is 9.79. The summed E-state index contributed by atoms with van der Waals surface area (Å²) < 4.78 is 5.58. The van der Waals surface area contributed by atoms with Gasteiger partial charge in [0.1, 0.15) is 5.60 Å². The molecular formula is C15H20O2. The van der Waals surface area contributed by atoms with Gasteiger partial charge >= 0.3 is 0 Å². The zero-order valence-electron chi connectivity index (χ0n) is 10.7. The van der Waals surface area contributed by atoms with Crippen LogP contribution in [0.3, 0.4) is 0 Å². The summed E-state index contributed by atoms with van der Waals surface area (Å²) >= 11 is 0. The third-order valence-electron chi connectivity index (χ3n) is 3.78. The van der Waals surface area contributed by atoms with Crippen LogP contribution in [0.5, 0.6) is 0 Å². The molecule has 1 aliphatic carbocycles. The Kier molecular flexibility index (Phi) is 3.63. The van der Waals surface area contributed by atoms with E-state index in [1.807, 2.05) is 31.2 Å². The van der Waals surface area contributed by atoms with E-state index in [4.69, 9.17) is 4.74 Å². The van der Waals surface area contributed by atoms with Gasteiger partial charge in [-0.3, -0.25) is 4.79 Å². The smallest absolute Gasteiger partial charge is 0.194 e. The van der Waals surface area contributed by atoms with Gasteiger partial charge in [-0.25, -0.2) is 0 Å². The van der Waals surface area contributed by atoms with E-state index in [0.29, 0.717) is 0 Å². The molecule has 0 heterocycles. The van der Waals surface area contributed by atoms with Gasteiger partial charge in [-0.15, -0.1) is 0 Å². The molecule has 1 saturated carbocycles. The second-order valence-electron chi connectivity index (χ2n) is 4.95. The fourth-order valence-electron chi connectivity index (χ4n) is 2.61. The van der Waals surface area contributed by atoms with Crippen LogP contribution in [0.1, 0.15) is 48.0 Å². The van der Waals surface area contributed by atoms with Gasteiger partial charge in [-0.1, -0.05) is 49.1 Å². The van der Waals surface area contributed by atoms with Crippen LogP contribution in [-0.4, -0.2) is 18.5 Å². The van der Waals surface area contributed by atoms with Crippen LogP contribution >= 0.6 is 0 Å². The zero-order chi connectivity index (χ0) is 12.3. The molecule has 17 heavy (non-hydrogen) atoms. The van der Waals surface area contributed by atoms with Gasteiger partial charge in [0.15, 0.2) is 5.78 Å². The van der Waals surface area contributed by atoms with Crippen molar-refractivity contribution >= 4 is 5.78 Å². The molecule has 1 aromatic carbocycles. The molecule has 1 aliphatic rings. The summed E-state index contributed by atoms with van der Waals surface area (Å²) in [5.41, 5.74) is 1.39. The highest BCUT2D eigenvalue weighted by molar-refractivity contribution is 6.02. The van der Waals surface area contributed by atoms with Crippen molar-refractivity contribution in [2.24, 2.45) is 0 Å². The largest absolute Gasteiger partial charge is 0.370 e. The number of aryl methyl sites for hydroxylation is 1. The van der Waals surface area contributed by atoms with Gasteiger partial charge in [0.2, 0.25) is 0 Å². The van der Waals surface area contributed by atoms with Crippen LogP contribution < -0.4 is 0 Å². The van der Waals surface area contributed by atoms with Gasteiger partial charge in [0, 0.05) is 12.7 Å². The lowest BCUT2D eigenvalue weighted by Gasteiger charge is -2.34. The molecule has 0 N–H and O–H groups in total. The maximum absolute atomic E-state index is 12.5. The summed E-state index contributed by atoms with van der Waals surface area (Å²) in [4.78, 5) is 12.5. The summed E-state index contributed by atoms with van der Waals surface area (Å²) in [6.07, 6.45) is 5.11. The maximum Gasteiger partial charge on any atom is 0.194 e. The van der Waals surface area contributed by atoms with E-state index in [9.17, 15) is 4.79 Å². The van der Waals surface area contributed by atoms with Crippen molar-refractivity contribution in [3.05, 3.63) is 35.4 Å². The number of ether oxygens (including phenoxy) is 1. The number of carbonyl (C=O) groups excluding carboxylic acids is 1. The molecule has 2 rings (SSSR count). The number of methoxy groups -OCH3 is 1. The molecule has 92 valence electrons. The molecule has 1 aromatic rings. The molecule has 0 unspecified atom stereocenters. The third-order valence-corrected chi connectivity index (χ3v) is 3.78. The summed E-state index contributed by atoms with van der Waals surface area (Å²) in [7, 11) is 1.66. The first-order valence-corrected chi connectivity index (χ1v) is 6.34. The van der Waals surface area contributed by atoms with E-state index in [2.05, 4.69) is 0 Å². The van der Waals surface area contributed by atoms with Crippen LogP contribution in [0, 0.1) is 6.92 Å². The molecule has 0 radical (unpaired) electrons. The first kappa shape index (κ1) is 12.3.